The molecule has 0 aliphatic heterocycles. The highest BCUT2D eigenvalue weighted by atomic mass is 32.2. The molecule has 0 spiro atoms. The van der Waals surface area contributed by atoms with Crippen molar-refractivity contribution in [2.24, 2.45) is 0 Å². The summed E-state index contributed by atoms with van der Waals surface area (Å²) in [4.78, 5) is 16.4. The highest BCUT2D eigenvalue weighted by molar-refractivity contribution is 7.99. The van der Waals surface area contributed by atoms with Crippen molar-refractivity contribution < 1.29 is 14.3 Å². The number of hydrogen-bond acceptors (Lipinski definition) is 7. The van der Waals surface area contributed by atoms with E-state index in [1.165, 1.54) is 11.8 Å². The van der Waals surface area contributed by atoms with Gasteiger partial charge in [-0.1, -0.05) is 23.9 Å². The second kappa shape index (κ2) is 9.97. The van der Waals surface area contributed by atoms with Crippen molar-refractivity contribution in [2.75, 3.05) is 25.3 Å². The molecule has 0 fully saturated rings. The number of thioether (sulfide) groups is 1. The average molecular weight is 448 g/mol. The lowest BCUT2D eigenvalue weighted by Gasteiger charge is -2.11. The van der Waals surface area contributed by atoms with E-state index in [9.17, 15) is 4.79 Å². The summed E-state index contributed by atoms with van der Waals surface area (Å²) in [5.74, 6) is 1.21. The first-order valence-electron chi connectivity index (χ1n) is 9.73. The van der Waals surface area contributed by atoms with Crippen LogP contribution in [0.25, 0.3) is 16.9 Å². The maximum Gasteiger partial charge on any atom is 0.234 e. The van der Waals surface area contributed by atoms with E-state index < -0.39 is 0 Å². The number of nitrogens with one attached hydrogen (secondary N) is 1. The van der Waals surface area contributed by atoms with Gasteiger partial charge in [0.1, 0.15) is 16.5 Å². The molecule has 0 saturated heterocycles. The highest BCUT2D eigenvalue weighted by Crippen LogP contribution is 2.29. The third-order valence-electron chi connectivity index (χ3n) is 4.64. The van der Waals surface area contributed by atoms with Crippen molar-refractivity contribution in [3.8, 4) is 28.4 Å². The minimum absolute atomic E-state index is 0.178. The summed E-state index contributed by atoms with van der Waals surface area (Å²) >= 11 is 1.31. The fourth-order valence-electron chi connectivity index (χ4n) is 3.00. The Morgan fingerprint density at radius 3 is 2.53 bits per heavy atom. The molecule has 32 heavy (non-hydrogen) atoms. The molecule has 162 valence electrons. The van der Waals surface area contributed by atoms with Gasteiger partial charge in [0.25, 0.3) is 0 Å². The molecule has 9 heteroatoms. The first kappa shape index (κ1) is 21.4. The van der Waals surface area contributed by atoms with E-state index in [0.29, 0.717) is 22.2 Å². The highest BCUT2D eigenvalue weighted by Gasteiger charge is 2.11. The van der Waals surface area contributed by atoms with Gasteiger partial charge in [0, 0.05) is 29.7 Å². The Morgan fingerprint density at radius 2 is 1.88 bits per heavy atom. The Balaban J connectivity index is 1.35. The molecule has 4 rings (SSSR count). The van der Waals surface area contributed by atoms with Crippen LogP contribution in [0.5, 0.6) is 11.5 Å². The summed E-state index contributed by atoms with van der Waals surface area (Å²) in [5, 5.41) is 12.0. The Labute approximate surface area is 189 Å². The lowest BCUT2D eigenvalue weighted by Crippen LogP contribution is -2.15. The molecular formula is C23H21N5O3S. The van der Waals surface area contributed by atoms with Gasteiger partial charge >= 0.3 is 0 Å². The van der Waals surface area contributed by atoms with Crippen molar-refractivity contribution >= 4 is 23.4 Å². The van der Waals surface area contributed by atoms with E-state index in [1.54, 1.807) is 44.9 Å². The molecule has 2 heterocycles. The average Bonchev–Trinajstić information content (AvgIpc) is 3.38. The summed E-state index contributed by atoms with van der Waals surface area (Å²) in [6.45, 7) is 0. The third kappa shape index (κ3) is 5.06. The largest absolute Gasteiger partial charge is 0.497 e. The maximum atomic E-state index is 12.4. The van der Waals surface area contributed by atoms with Crippen LogP contribution >= 0.6 is 11.8 Å². The molecule has 0 aliphatic carbocycles. The molecular weight excluding hydrogens is 426 g/mol. The van der Waals surface area contributed by atoms with Gasteiger partial charge < -0.3 is 19.4 Å². The molecule has 1 amide bonds. The molecule has 0 bridgehead atoms. The molecule has 2 aromatic carbocycles. The summed E-state index contributed by atoms with van der Waals surface area (Å²) < 4.78 is 12.4. The van der Waals surface area contributed by atoms with Crippen LogP contribution < -0.4 is 14.8 Å². The molecule has 0 saturated carbocycles. The lowest BCUT2D eigenvalue weighted by atomic mass is 10.1. The van der Waals surface area contributed by atoms with Gasteiger partial charge in [0.05, 0.1) is 37.7 Å². The molecule has 4 aromatic rings. The number of amides is 1. The summed E-state index contributed by atoms with van der Waals surface area (Å²) in [7, 11) is 3.12. The predicted octanol–water partition coefficient (Wildman–Crippen LogP) is 4.08. The van der Waals surface area contributed by atoms with Gasteiger partial charge in [-0.25, -0.2) is 4.98 Å². The van der Waals surface area contributed by atoms with Crippen LogP contribution in [-0.4, -0.2) is 45.6 Å². The van der Waals surface area contributed by atoms with Crippen molar-refractivity contribution in [3.63, 3.8) is 0 Å². The zero-order valence-corrected chi connectivity index (χ0v) is 18.4. The van der Waals surface area contributed by atoms with Gasteiger partial charge in [-0.3, -0.25) is 4.79 Å². The molecule has 0 radical (unpaired) electrons. The van der Waals surface area contributed by atoms with Crippen molar-refractivity contribution in [1.29, 1.82) is 0 Å². The van der Waals surface area contributed by atoms with E-state index in [1.807, 2.05) is 47.2 Å². The van der Waals surface area contributed by atoms with Crippen LogP contribution in [0.3, 0.4) is 0 Å². The number of imidazole rings is 1. The van der Waals surface area contributed by atoms with Crippen LogP contribution in [0, 0.1) is 0 Å². The van der Waals surface area contributed by atoms with E-state index in [4.69, 9.17) is 9.47 Å². The van der Waals surface area contributed by atoms with Gasteiger partial charge in [-0.2, -0.15) is 0 Å². The monoisotopic (exact) mass is 447 g/mol. The van der Waals surface area contributed by atoms with Crippen LogP contribution in [0.1, 0.15) is 0 Å². The first-order chi connectivity index (χ1) is 15.7. The quantitative estimate of drug-likeness (QED) is 0.407. The maximum absolute atomic E-state index is 12.4. The number of benzene rings is 2. The van der Waals surface area contributed by atoms with E-state index >= 15 is 0 Å². The van der Waals surface area contributed by atoms with Gasteiger partial charge in [0.15, 0.2) is 0 Å². The summed E-state index contributed by atoms with van der Waals surface area (Å²) in [6.07, 6.45) is 5.38. The minimum atomic E-state index is -0.178. The number of carbonyl (C=O) groups is 1. The Hall–Kier alpha value is -3.85. The Morgan fingerprint density at radius 1 is 1.03 bits per heavy atom. The number of methoxy groups -OCH3 is 2. The van der Waals surface area contributed by atoms with Crippen molar-refractivity contribution in [2.45, 2.75) is 5.03 Å². The molecule has 2 aromatic heterocycles. The molecule has 8 nitrogen and oxygen atoms in total. The predicted molar refractivity (Wildman–Crippen MR) is 123 cm³/mol. The molecule has 0 unspecified atom stereocenters. The van der Waals surface area contributed by atoms with E-state index in [-0.39, 0.29) is 11.7 Å². The fourth-order valence-corrected chi connectivity index (χ4v) is 3.62. The van der Waals surface area contributed by atoms with Gasteiger partial charge in [0.2, 0.25) is 5.91 Å². The van der Waals surface area contributed by atoms with Crippen LogP contribution in [0.4, 0.5) is 5.69 Å². The number of hydrogen-bond donors (Lipinski definition) is 1. The summed E-state index contributed by atoms with van der Waals surface area (Å²) in [6, 6.07) is 17.0. The number of nitrogens with zero attached hydrogens (tertiary/aromatic N) is 4. The Bertz CT molecular complexity index is 1180. The van der Waals surface area contributed by atoms with Crippen molar-refractivity contribution in [3.05, 3.63) is 73.3 Å². The molecule has 0 atom stereocenters. The van der Waals surface area contributed by atoms with E-state index in [2.05, 4.69) is 20.5 Å². The second-order valence-electron chi connectivity index (χ2n) is 6.68. The number of aromatic nitrogens is 4. The van der Waals surface area contributed by atoms with Gasteiger partial charge in [-0.05, 0) is 36.4 Å². The summed E-state index contributed by atoms with van der Waals surface area (Å²) in [5.41, 5.74) is 3.29. The van der Waals surface area contributed by atoms with Crippen LogP contribution in [0.15, 0.2) is 78.3 Å². The number of anilines is 1. The third-order valence-corrected chi connectivity index (χ3v) is 5.56. The number of carbonyl (C=O) groups excluding carboxylic acids is 1. The Kier molecular flexibility index (Phi) is 6.66. The second-order valence-corrected chi connectivity index (χ2v) is 7.67. The lowest BCUT2D eigenvalue weighted by molar-refractivity contribution is -0.113. The van der Waals surface area contributed by atoms with E-state index in [0.717, 1.165) is 16.9 Å². The number of rotatable bonds is 8. The van der Waals surface area contributed by atoms with Crippen molar-refractivity contribution in [1.82, 2.24) is 19.7 Å². The number of ether oxygens (including phenoxy) is 2. The molecule has 0 aliphatic rings. The van der Waals surface area contributed by atoms with Crippen LogP contribution in [-0.2, 0) is 4.79 Å². The SMILES string of the molecule is COc1ccc(OC)c(NC(=O)CSc2ccc(-c3ccc(-n4ccnc4)cc3)nn2)c1. The topological polar surface area (TPSA) is 91.2 Å². The van der Waals surface area contributed by atoms with Crippen LogP contribution in [0.2, 0.25) is 0 Å². The fraction of sp³-hybridized carbons (Fsp3) is 0.130. The zero-order valence-electron chi connectivity index (χ0n) is 17.6. The standard InChI is InChI=1S/C23H21N5O3S/c1-30-18-7-9-21(31-2)20(13-18)25-22(29)14-32-23-10-8-19(26-27-23)16-3-5-17(6-4-16)28-12-11-24-15-28/h3-13,15H,14H2,1-2H3,(H,25,29). The molecule has 1 N–H and O–H groups in total. The first-order valence-corrected chi connectivity index (χ1v) is 10.7. The minimum Gasteiger partial charge on any atom is -0.497 e. The smallest absolute Gasteiger partial charge is 0.234 e. The van der Waals surface area contributed by atoms with Gasteiger partial charge in [-0.15, -0.1) is 10.2 Å². The zero-order chi connectivity index (χ0) is 22.3. The normalized spacial score (nSPS) is 10.6.